The van der Waals surface area contributed by atoms with Gasteiger partial charge in [-0.05, 0) is 40.0 Å². The van der Waals surface area contributed by atoms with Crippen LogP contribution in [0.25, 0.3) is 11.0 Å². The summed E-state index contributed by atoms with van der Waals surface area (Å²) >= 11 is 3.30. The predicted octanol–water partition coefficient (Wildman–Crippen LogP) is 2.52. The molecule has 0 fully saturated rings. The van der Waals surface area contributed by atoms with Crippen LogP contribution in [0.3, 0.4) is 0 Å². The van der Waals surface area contributed by atoms with Crippen LogP contribution in [0.1, 0.15) is 22.3 Å². The molecule has 0 aliphatic heterocycles. The monoisotopic (exact) mass is 262 g/mol. The summed E-state index contributed by atoms with van der Waals surface area (Å²) < 4.78 is 0.711. The van der Waals surface area contributed by atoms with Crippen molar-refractivity contribution >= 4 is 32.7 Å². The minimum Gasteiger partial charge on any atom is -0.294 e. The molecule has 1 aliphatic rings. The summed E-state index contributed by atoms with van der Waals surface area (Å²) in [5.41, 5.74) is 3.57. The summed E-state index contributed by atoms with van der Waals surface area (Å²) in [5, 5.41) is 0. The Labute approximate surface area is 94.7 Å². The highest BCUT2D eigenvalue weighted by Gasteiger charge is 2.22. The van der Waals surface area contributed by atoms with Crippen molar-refractivity contribution in [2.75, 3.05) is 0 Å². The van der Waals surface area contributed by atoms with E-state index in [9.17, 15) is 4.79 Å². The Balaban J connectivity index is 2.42. The molecular weight excluding hydrogens is 256 g/mol. The van der Waals surface area contributed by atoms with Crippen molar-refractivity contribution in [3.05, 3.63) is 34.1 Å². The van der Waals surface area contributed by atoms with Crippen LogP contribution in [0.4, 0.5) is 0 Å². The van der Waals surface area contributed by atoms with Crippen molar-refractivity contribution in [2.24, 2.45) is 0 Å². The van der Waals surface area contributed by atoms with E-state index in [4.69, 9.17) is 0 Å². The Hall–Kier alpha value is -1.29. The summed E-state index contributed by atoms with van der Waals surface area (Å²) in [6.07, 6.45) is 3.06. The number of hydrogen-bond donors (Lipinski definition) is 0. The molecule has 0 bridgehead atoms. The second-order valence-electron chi connectivity index (χ2n) is 3.58. The number of aryl methyl sites for hydroxylation is 1. The zero-order valence-corrected chi connectivity index (χ0v) is 9.41. The van der Waals surface area contributed by atoms with E-state index in [1.165, 1.54) is 0 Å². The highest BCUT2D eigenvalue weighted by molar-refractivity contribution is 9.10. The third kappa shape index (κ3) is 1.28. The fourth-order valence-corrected chi connectivity index (χ4v) is 2.28. The molecule has 1 heterocycles. The number of carbonyl (C=O) groups excluding carboxylic acids is 1. The van der Waals surface area contributed by atoms with E-state index in [0.29, 0.717) is 11.0 Å². The first-order chi connectivity index (χ1) is 7.25. The lowest BCUT2D eigenvalue weighted by atomic mass is 10.1. The summed E-state index contributed by atoms with van der Waals surface area (Å²) in [5.74, 6) is 0.216. The Morgan fingerprint density at radius 1 is 1.27 bits per heavy atom. The van der Waals surface area contributed by atoms with Gasteiger partial charge in [0.1, 0.15) is 4.60 Å². The molecule has 0 unspecified atom stereocenters. The predicted molar refractivity (Wildman–Crippen MR) is 59.9 cm³/mol. The van der Waals surface area contributed by atoms with Crippen LogP contribution >= 0.6 is 15.9 Å². The maximum absolute atomic E-state index is 11.5. The number of aromatic nitrogens is 2. The summed E-state index contributed by atoms with van der Waals surface area (Å²) in [4.78, 5) is 20.2. The first-order valence-electron chi connectivity index (χ1n) is 4.73. The lowest BCUT2D eigenvalue weighted by Gasteiger charge is -2.02. The zero-order valence-electron chi connectivity index (χ0n) is 7.83. The molecule has 0 spiro atoms. The van der Waals surface area contributed by atoms with Gasteiger partial charge in [-0.3, -0.25) is 9.78 Å². The van der Waals surface area contributed by atoms with Crippen molar-refractivity contribution in [1.29, 1.82) is 0 Å². The largest absolute Gasteiger partial charge is 0.294 e. The molecule has 1 aliphatic carbocycles. The highest BCUT2D eigenvalue weighted by Crippen LogP contribution is 2.28. The van der Waals surface area contributed by atoms with Crippen LogP contribution in [0, 0.1) is 0 Å². The van der Waals surface area contributed by atoms with E-state index in [2.05, 4.69) is 25.9 Å². The van der Waals surface area contributed by atoms with Gasteiger partial charge < -0.3 is 0 Å². The molecule has 4 heteroatoms. The molecule has 3 nitrogen and oxygen atoms in total. The number of benzene rings is 1. The number of nitrogens with zero attached hydrogens (tertiary/aromatic N) is 2. The molecule has 74 valence electrons. The quantitative estimate of drug-likeness (QED) is 0.733. The smallest absolute Gasteiger partial charge is 0.163 e. The van der Waals surface area contributed by atoms with E-state index in [1.54, 1.807) is 6.20 Å². The van der Waals surface area contributed by atoms with E-state index < -0.39 is 0 Å². The molecule has 0 saturated carbocycles. The molecule has 0 saturated heterocycles. The normalized spacial score (nSPS) is 14.6. The molecule has 0 radical (unpaired) electrons. The third-order valence-electron chi connectivity index (χ3n) is 2.69. The minimum absolute atomic E-state index is 0.216. The molecule has 2 aromatic rings. The highest BCUT2D eigenvalue weighted by atomic mass is 79.9. The van der Waals surface area contributed by atoms with E-state index in [0.717, 1.165) is 28.6 Å². The van der Waals surface area contributed by atoms with E-state index in [1.807, 2.05) is 12.1 Å². The SMILES string of the molecule is O=C1CCc2c1ccc1ncc(Br)nc21. The molecular formula is C11H7BrN2O. The summed E-state index contributed by atoms with van der Waals surface area (Å²) in [7, 11) is 0. The van der Waals surface area contributed by atoms with Crippen LogP contribution < -0.4 is 0 Å². The lowest BCUT2D eigenvalue weighted by molar-refractivity contribution is 0.0994. The van der Waals surface area contributed by atoms with E-state index >= 15 is 0 Å². The first-order valence-corrected chi connectivity index (χ1v) is 5.52. The average molecular weight is 263 g/mol. The molecule has 0 atom stereocenters. The van der Waals surface area contributed by atoms with Crippen molar-refractivity contribution in [1.82, 2.24) is 9.97 Å². The maximum Gasteiger partial charge on any atom is 0.163 e. The van der Waals surface area contributed by atoms with Gasteiger partial charge >= 0.3 is 0 Å². The van der Waals surface area contributed by atoms with Gasteiger partial charge in [0, 0.05) is 12.0 Å². The Bertz CT molecular complexity index is 580. The number of carbonyl (C=O) groups is 1. The molecule has 15 heavy (non-hydrogen) atoms. The number of ketones is 1. The lowest BCUT2D eigenvalue weighted by Crippen LogP contribution is -1.94. The van der Waals surface area contributed by atoms with Gasteiger partial charge in [0.25, 0.3) is 0 Å². The topological polar surface area (TPSA) is 42.9 Å². The molecule has 0 amide bonds. The van der Waals surface area contributed by atoms with Crippen LogP contribution in [0.5, 0.6) is 0 Å². The van der Waals surface area contributed by atoms with Crippen molar-refractivity contribution in [2.45, 2.75) is 12.8 Å². The van der Waals surface area contributed by atoms with Gasteiger partial charge in [0.2, 0.25) is 0 Å². The molecule has 0 N–H and O–H groups in total. The summed E-state index contributed by atoms with van der Waals surface area (Å²) in [6, 6.07) is 3.71. The zero-order chi connectivity index (χ0) is 10.4. The van der Waals surface area contributed by atoms with Crippen molar-refractivity contribution in [3.63, 3.8) is 0 Å². The van der Waals surface area contributed by atoms with Gasteiger partial charge in [0.05, 0.1) is 17.2 Å². The third-order valence-corrected chi connectivity index (χ3v) is 3.07. The second-order valence-corrected chi connectivity index (χ2v) is 4.39. The van der Waals surface area contributed by atoms with Crippen LogP contribution in [0.2, 0.25) is 0 Å². The standard InChI is InChI=1S/C11H7BrN2O/c12-10-5-13-8-3-1-6-7(11(8)14-10)2-4-9(6)15/h1,3,5H,2,4H2. The second kappa shape index (κ2) is 3.10. The number of Topliss-reactive ketones (excluding diaryl/α,β-unsaturated/α-hetero) is 1. The summed E-state index contributed by atoms with van der Waals surface area (Å²) in [6.45, 7) is 0. The molecule has 1 aromatic heterocycles. The van der Waals surface area contributed by atoms with Gasteiger partial charge in [-0.1, -0.05) is 0 Å². The van der Waals surface area contributed by atoms with Crippen LogP contribution in [0.15, 0.2) is 22.9 Å². The maximum atomic E-state index is 11.5. The number of fused-ring (bicyclic) bond motifs is 3. The van der Waals surface area contributed by atoms with Crippen LogP contribution in [-0.4, -0.2) is 15.8 Å². The van der Waals surface area contributed by atoms with Gasteiger partial charge in [0.15, 0.2) is 5.78 Å². The first kappa shape index (κ1) is 8.97. The number of hydrogen-bond acceptors (Lipinski definition) is 3. The minimum atomic E-state index is 0.216. The molecule has 3 rings (SSSR count). The Morgan fingerprint density at radius 2 is 2.13 bits per heavy atom. The van der Waals surface area contributed by atoms with E-state index in [-0.39, 0.29) is 5.78 Å². The fraction of sp³-hybridized carbons (Fsp3) is 0.182. The van der Waals surface area contributed by atoms with Crippen molar-refractivity contribution < 1.29 is 4.79 Å². The molecule has 1 aromatic carbocycles. The van der Waals surface area contributed by atoms with Crippen molar-refractivity contribution in [3.8, 4) is 0 Å². The Kier molecular flexibility index (Phi) is 1.85. The fourth-order valence-electron chi connectivity index (χ4n) is 2.00. The Morgan fingerprint density at radius 3 is 3.00 bits per heavy atom. The average Bonchev–Trinajstić information content (AvgIpc) is 2.61. The number of rotatable bonds is 0. The van der Waals surface area contributed by atoms with Gasteiger partial charge in [-0.25, -0.2) is 4.98 Å². The van der Waals surface area contributed by atoms with Gasteiger partial charge in [-0.15, -0.1) is 0 Å². The van der Waals surface area contributed by atoms with Gasteiger partial charge in [-0.2, -0.15) is 0 Å². The number of halogens is 1. The van der Waals surface area contributed by atoms with Crippen LogP contribution in [-0.2, 0) is 6.42 Å².